The van der Waals surface area contributed by atoms with E-state index < -0.39 is 0 Å². The van der Waals surface area contributed by atoms with Crippen molar-refractivity contribution in [2.75, 3.05) is 31.9 Å². The average Bonchev–Trinajstić information content (AvgIpc) is 2.66. The Hall–Kier alpha value is -1.98. The minimum absolute atomic E-state index is 0.00852. The number of carbonyl (C=O) groups excluding carboxylic acids is 2. The normalized spacial score (nSPS) is 16.2. The van der Waals surface area contributed by atoms with Crippen molar-refractivity contribution < 1.29 is 9.59 Å². The fourth-order valence-electron chi connectivity index (χ4n) is 2.70. The Morgan fingerprint density at radius 2 is 1.76 bits per heavy atom. The Bertz CT molecular complexity index is 536. The largest absolute Gasteiger partial charge is 0.397 e. The van der Waals surface area contributed by atoms with Gasteiger partial charge in [0.1, 0.15) is 5.69 Å². The molecule has 1 fully saturated rings. The predicted octanol–water partition coefficient (Wildman–Crippen LogP) is 1.35. The average molecular weight is 292 g/mol. The van der Waals surface area contributed by atoms with Gasteiger partial charge in [0.05, 0.1) is 5.69 Å². The lowest BCUT2D eigenvalue weighted by Gasteiger charge is -2.22. The molecule has 0 atom stereocenters. The minimum atomic E-state index is -0.00852. The first-order chi connectivity index (χ1) is 9.90. The highest BCUT2D eigenvalue weighted by atomic mass is 16.2. The SMILES string of the molecule is CC(=O)N1CCCN(C(=O)c2cc(N)cn2C(C)C)CC1. The molecule has 0 saturated carbocycles. The number of rotatable bonds is 2. The van der Waals surface area contributed by atoms with Gasteiger partial charge in [-0.25, -0.2) is 0 Å². The molecule has 0 unspecified atom stereocenters. The molecule has 1 saturated heterocycles. The van der Waals surface area contributed by atoms with Gasteiger partial charge < -0.3 is 20.1 Å². The van der Waals surface area contributed by atoms with Crippen molar-refractivity contribution in [1.29, 1.82) is 0 Å². The summed E-state index contributed by atoms with van der Waals surface area (Å²) in [5, 5.41) is 0. The molecule has 0 aliphatic carbocycles. The van der Waals surface area contributed by atoms with Gasteiger partial charge in [-0.15, -0.1) is 0 Å². The molecule has 1 aliphatic heterocycles. The monoisotopic (exact) mass is 292 g/mol. The van der Waals surface area contributed by atoms with Gasteiger partial charge in [-0.1, -0.05) is 0 Å². The molecule has 1 aromatic heterocycles. The van der Waals surface area contributed by atoms with E-state index >= 15 is 0 Å². The molecule has 1 aromatic rings. The fourth-order valence-corrected chi connectivity index (χ4v) is 2.70. The molecular formula is C15H24N4O2. The van der Waals surface area contributed by atoms with Crippen molar-refractivity contribution in [3.63, 3.8) is 0 Å². The van der Waals surface area contributed by atoms with E-state index in [4.69, 9.17) is 5.73 Å². The number of aromatic nitrogens is 1. The van der Waals surface area contributed by atoms with Crippen LogP contribution in [0.5, 0.6) is 0 Å². The van der Waals surface area contributed by atoms with Gasteiger partial charge in [0.15, 0.2) is 0 Å². The second kappa shape index (κ2) is 6.20. The summed E-state index contributed by atoms with van der Waals surface area (Å²) in [6.45, 7) is 8.17. The summed E-state index contributed by atoms with van der Waals surface area (Å²) in [5.41, 5.74) is 7.06. The maximum atomic E-state index is 12.7. The van der Waals surface area contributed by atoms with Gasteiger partial charge in [0, 0.05) is 45.3 Å². The smallest absolute Gasteiger partial charge is 0.270 e. The van der Waals surface area contributed by atoms with Crippen LogP contribution in [0.15, 0.2) is 12.3 Å². The standard InChI is InChI=1S/C15H24N4O2/c1-11(2)19-10-13(16)9-14(19)15(21)18-6-4-5-17(7-8-18)12(3)20/h9-11H,4-8,16H2,1-3H3. The molecule has 2 amide bonds. The zero-order chi connectivity index (χ0) is 15.6. The van der Waals surface area contributed by atoms with Gasteiger partial charge in [0.25, 0.3) is 5.91 Å². The Labute approximate surface area is 125 Å². The van der Waals surface area contributed by atoms with Crippen LogP contribution in [0.2, 0.25) is 0 Å². The van der Waals surface area contributed by atoms with Crippen LogP contribution in [0.4, 0.5) is 5.69 Å². The first kappa shape index (κ1) is 15.4. The van der Waals surface area contributed by atoms with Crippen LogP contribution in [0, 0.1) is 0 Å². The van der Waals surface area contributed by atoms with Gasteiger partial charge in [0.2, 0.25) is 5.91 Å². The lowest BCUT2D eigenvalue weighted by molar-refractivity contribution is -0.128. The maximum absolute atomic E-state index is 12.7. The van der Waals surface area contributed by atoms with E-state index in [0.717, 1.165) is 6.42 Å². The molecule has 1 aliphatic rings. The molecule has 2 rings (SSSR count). The van der Waals surface area contributed by atoms with Crippen molar-refractivity contribution in [2.45, 2.75) is 33.2 Å². The second-order valence-corrected chi connectivity index (χ2v) is 5.81. The molecule has 6 heteroatoms. The summed E-state index contributed by atoms with van der Waals surface area (Å²) in [4.78, 5) is 27.8. The van der Waals surface area contributed by atoms with Gasteiger partial charge in [-0.3, -0.25) is 9.59 Å². The van der Waals surface area contributed by atoms with Crippen molar-refractivity contribution in [3.8, 4) is 0 Å². The van der Waals surface area contributed by atoms with Crippen LogP contribution in [-0.2, 0) is 4.79 Å². The van der Waals surface area contributed by atoms with Crippen LogP contribution in [-0.4, -0.2) is 52.4 Å². The number of nitrogens with two attached hydrogens (primary N) is 1. The third-order valence-corrected chi connectivity index (χ3v) is 3.87. The van der Waals surface area contributed by atoms with Crippen molar-refractivity contribution in [2.24, 2.45) is 0 Å². The molecule has 0 spiro atoms. The van der Waals surface area contributed by atoms with Crippen molar-refractivity contribution >= 4 is 17.5 Å². The zero-order valence-electron chi connectivity index (χ0n) is 13.0. The Morgan fingerprint density at radius 3 is 2.38 bits per heavy atom. The predicted molar refractivity (Wildman–Crippen MR) is 82.0 cm³/mol. The van der Waals surface area contributed by atoms with Gasteiger partial charge >= 0.3 is 0 Å². The van der Waals surface area contributed by atoms with Crippen LogP contribution >= 0.6 is 0 Å². The summed E-state index contributed by atoms with van der Waals surface area (Å²) in [6.07, 6.45) is 2.61. The highest BCUT2D eigenvalue weighted by Crippen LogP contribution is 2.19. The Kier molecular flexibility index (Phi) is 4.55. The molecular weight excluding hydrogens is 268 g/mol. The number of nitrogens with zero attached hydrogens (tertiary/aromatic N) is 3. The summed E-state index contributed by atoms with van der Waals surface area (Å²) in [5.74, 6) is 0.0601. The van der Waals surface area contributed by atoms with E-state index in [9.17, 15) is 9.59 Å². The molecule has 2 N–H and O–H groups in total. The van der Waals surface area contributed by atoms with E-state index in [2.05, 4.69) is 0 Å². The molecule has 2 heterocycles. The van der Waals surface area contributed by atoms with Crippen LogP contribution in [0.3, 0.4) is 0 Å². The van der Waals surface area contributed by atoms with E-state index in [1.165, 1.54) is 0 Å². The molecule has 0 bridgehead atoms. The van der Waals surface area contributed by atoms with Crippen LogP contribution in [0.25, 0.3) is 0 Å². The first-order valence-electron chi connectivity index (χ1n) is 7.42. The van der Waals surface area contributed by atoms with Crippen LogP contribution in [0.1, 0.15) is 43.7 Å². The quantitative estimate of drug-likeness (QED) is 0.894. The van der Waals surface area contributed by atoms with Crippen molar-refractivity contribution in [1.82, 2.24) is 14.4 Å². The molecule has 0 radical (unpaired) electrons. The second-order valence-electron chi connectivity index (χ2n) is 5.81. The molecule has 0 aromatic carbocycles. The summed E-state index contributed by atoms with van der Waals surface area (Å²) in [7, 11) is 0. The Morgan fingerprint density at radius 1 is 1.14 bits per heavy atom. The first-order valence-corrected chi connectivity index (χ1v) is 7.42. The highest BCUT2D eigenvalue weighted by molar-refractivity contribution is 5.94. The zero-order valence-corrected chi connectivity index (χ0v) is 13.0. The number of nitrogen functional groups attached to an aromatic ring is 1. The Balaban J connectivity index is 2.15. The number of anilines is 1. The maximum Gasteiger partial charge on any atom is 0.270 e. The summed E-state index contributed by atoms with van der Waals surface area (Å²) in [6, 6.07) is 1.91. The van der Waals surface area contributed by atoms with Crippen LogP contribution < -0.4 is 5.73 Å². The van der Waals surface area contributed by atoms with Gasteiger partial charge in [-0.05, 0) is 26.3 Å². The highest BCUT2D eigenvalue weighted by Gasteiger charge is 2.24. The van der Waals surface area contributed by atoms with E-state index in [-0.39, 0.29) is 17.9 Å². The molecule has 6 nitrogen and oxygen atoms in total. The summed E-state index contributed by atoms with van der Waals surface area (Å²) >= 11 is 0. The number of amides is 2. The number of hydrogen-bond acceptors (Lipinski definition) is 3. The van der Waals surface area contributed by atoms with E-state index in [1.807, 2.05) is 23.3 Å². The molecule has 21 heavy (non-hydrogen) atoms. The lowest BCUT2D eigenvalue weighted by atomic mass is 10.3. The summed E-state index contributed by atoms with van der Waals surface area (Å²) < 4.78 is 1.91. The fraction of sp³-hybridized carbons (Fsp3) is 0.600. The number of hydrogen-bond donors (Lipinski definition) is 1. The van der Waals surface area contributed by atoms with E-state index in [1.54, 1.807) is 24.1 Å². The third-order valence-electron chi connectivity index (χ3n) is 3.87. The van der Waals surface area contributed by atoms with Gasteiger partial charge in [-0.2, -0.15) is 0 Å². The van der Waals surface area contributed by atoms with Crippen molar-refractivity contribution in [3.05, 3.63) is 18.0 Å². The topological polar surface area (TPSA) is 71.6 Å². The van der Waals surface area contributed by atoms with E-state index in [0.29, 0.717) is 37.6 Å². The third kappa shape index (κ3) is 3.37. The minimum Gasteiger partial charge on any atom is -0.397 e. The molecule has 116 valence electrons. The lowest BCUT2D eigenvalue weighted by Crippen LogP contribution is -2.37. The number of carbonyl (C=O) groups is 2.